The zero-order valence-electron chi connectivity index (χ0n) is 27.3. The zero-order chi connectivity index (χ0) is 27.9. The minimum Gasteiger partial charge on any atom is -0.230 e. The van der Waals surface area contributed by atoms with Gasteiger partial charge in [-0.1, -0.05) is 109 Å². The number of hydrogen-bond donors (Lipinski definition) is 0. The quantitative estimate of drug-likeness (QED) is 0.205. The van der Waals surface area contributed by atoms with Crippen molar-refractivity contribution in [2.24, 2.45) is 32.5 Å². The summed E-state index contributed by atoms with van der Waals surface area (Å²) < 4.78 is 0. The Bertz CT molecular complexity index is 611. The number of rotatable bonds is 11. The molecule has 0 radical (unpaired) electrons. The second-order valence-electron chi connectivity index (χ2n) is 16.2. The van der Waals surface area contributed by atoms with Crippen molar-refractivity contribution in [1.29, 1.82) is 0 Å². The highest BCUT2D eigenvalue weighted by atomic mass is 17.2. The van der Waals surface area contributed by atoms with Crippen molar-refractivity contribution in [3.8, 4) is 0 Å². The van der Waals surface area contributed by atoms with Crippen LogP contribution >= 0.6 is 0 Å². The summed E-state index contributed by atoms with van der Waals surface area (Å²) in [7, 11) is 0. The van der Waals surface area contributed by atoms with E-state index >= 15 is 0 Å². The van der Waals surface area contributed by atoms with Gasteiger partial charge in [-0.15, -0.1) is 0 Å². The van der Waals surface area contributed by atoms with Crippen LogP contribution in [0.4, 0.5) is 0 Å². The van der Waals surface area contributed by atoms with Gasteiger partial charge in [-0.2, -0.15) is 0 Å². The van der Waals surface area contributed by atoms with Gasteiger partial charge in [0, 0.05) is 0 Å². The smallest absolute Gasteiger partial charge is 0.101 e. The highest BCUT2D eigenvalue weighted by molar-refractivity contribution is 5.07. The lowest BCUT2D eigenvalue weighted by Crippen LogP contribution is -2.55. The van der Waals surface area contributed by atoms with Crippen molar-refractivity contribution in [2.75, 3.05) is 0 Å². The minimum absolute atomic E-state index is 0.180. The van der Waals surface area contributed by atoms with E-state index in [4.69, 9.17) is 9.78 Å². The molecule has 0 saturated heterocycles. The second-order valence-corrected chi connectivity index (χ2v) is 16.2. The van der Waals surface area contributed by atoms with Gasteiger partial charge in [0.15, 0.2) is 0 Å². The molecule has 0 spiro atoms. The Morgan fingerprint density at radius 1 is 0.417 bits per heavy atom. The summed E-state index contributed by atoms with van der Waals surface area (Å²) in [6, 6.07) is 0. The predicted molar refractivity (Wildman–Crippen MR) is 157 cm³/mol. The molecule has 2 heteroatoms. The molecule has 0 unspecified atom stereocenters. The molecule has 0 aliphatic heterocycles. The molecule has 0 atom stereocenters. The lowest BCUT2D eigenvalue weighted by molar-refractivity contribution is -0.423. The molecule has 0 aromatic rings. The van der Waals surface area contributed by atoms with Gasteiger partial charge in [0.25, 0.3) is 0 Å². The molecule has 2 fully saturated rings. The Morgan fingerprint density at radius 2 is 0.611 bits per heavy atom. The second kappa shape index (κ2) is 10.5. The molecule has 2 aliphatic rings. The third-order valence-electron chi connectivity index (χ3n) is 13.5. The molecular formula is C34H66O2. The maximum Gasteiger partial charge on any atom is 0.101 e. The molecule has 2 rings (SSSR count). The third kappa shape index (κ3) is 5.35. The Hall–Kier alpha value is -0.0800. The Balaban J connectivity index is 2.14. The van der Waals surface area contributed by atoms with Gasteiger partial charge in [-0.05, 0) is 97.7 Å². The van der Waals surface area contributed by atoms with Crippen LogP contribution in [-0.2, 0) is 9.78 Å². The zero-order valence-corrected chi connectivity index (χ0v) is 27.3. The average Bonchev–Trinajstić information content (AvgIpc) is 2.83. The summed E-state index contributed by atoms with van der Waals surface area (Å²) in [5.74, 6) is 0. The molecule has 0 N–H and O–H groups in total. The summed E-state index contributed by atoms with van der Waals surface area (Å²) in [6.45, 7) is 34.2. The lowest BCUT2D eigenvalue weighted by atomic mass is 9.45. The van der Waals surface area contributed by atoms with Crippen LogP contribution in [0.25, 0.3) is 0 Å². The average molecular weight is 507 g/mol. The van der Waals surface area contributed by atoms with Crippen LogP contribution < -0.4 is 0 Å². The molecule has 36 heavy (non-hydrogen) atoms. The van der Waals surface area contributed by atoms with Gasteiger partial charge in [-0.25, -0.2) is 9.78 Å². The first-order valence-electron chi connectivity index (χ1n) is 15.6. The topological polar surface area (TPSA) is 18.5 Å². The van der Waals surface area contributed by atoms with Gasteiger partial charge >= 0.3 is 0 Å². The summed E-state index contributed by atoms with van der Waals surface area (Å²) >= 11 is 0. The van der Waals surface area contributed by atoms with Crippen molar-refractivity contribution in [3.05, 3.63) is 0 Å². The molecule has 0 aromatic heterocycles. The van der Waals surface area contributed by atoms with Gasteiger partial charge in [-0.3, -0.25) is 0 Å². The van der Waals surface area contributed by atoms with E-state index < -0.39 is 0 Å². The maximum absolute atomic E-state index is 6.49. The molecule has 0 heterocycles. The van der Waals surface area contributed by atoms with Gasteiger partial charge in [0.1, 0.15) is 11.2 Å². The maximum atomic E-state index is 6.49. The van der Waals surface area contributed by atoms with Crippen LogP contribution in [0.2, 0.25) is 0 Å². The minimum atomic E-state index is -0.180. The highest BCUT2D eigenvalue weighted by Crippen LogP contribution is 2.65. The third-order valence-corrected chi connectivity index (χ3v) is 13.5. The molecule has 0 bridgehead atoms. The molecule has 0 amide bonds. The van der Waals surface area contributed by atoms with E-state index in [0.29, 0.717) is 32.5 Å². The SMILES string of the molecule is CCC(C)(C)C1(C(C)(C)CC)CCC(C)(OOC2(C)CCC(C(C)(C)CC)(C(C)(C)CC)CC2)CC1. The van der Waals surface area contributed by atoms with Crippen molar-refractivity contribution in [2.45, 2.75) is 185 Å². The van der Waals surface area contributed by atoms with Crippen molar-refractivity contribution >= 4 is 0 Å². The van der Waals surface area contributed by atoms with Gasteiger partial charge < -0.3 is 0 Å². The van der Waals surface area contributed by atoms with Crippen LogP contribution in [0.1, 0.15) is 174 Å². The molecule has 0 aromatic carbocycles. The van der Waals surface area contributed by atoms with Crippen molar-refractivity contribution < 1.29 is 9.78 Å². The first-order valence-corrected chi connectivity index (χ1v) is 15.6. The standard InChI is InChI=1S/C34H66O2/c1-15-27(5,6)33(28(7,8)16-2)23-19-31(13,20-24-33)35-36-32(14)21-25-34(26-22-32,29(9,10)17-3)30(11,12)18-4/h15-26H2,1-14H3. The monoisotopic (exact) mass is 507 g/mol. The van der Waals surface area contributed by atoms with E-state index in [1.807, 2.05) is 0 Å². The van der Waals surface area contributed by atoms with E-state index in [2.05, 4.69) is 96.9 Å². The normalized spacial score (nSPS) is 24.5. The van der Waals surface area contributed by atoms with Crippen LogP contribution in [0, 0.1) is 32.5 Å². The van der Waals surface area contributed by atoms with Crippen molar-refractivity contribution in [3.63, 3.8) is 0 Å². The van der Waals surface area contributed by atoms with E-state index in [0.717, 1.165) is 25.7 Å². The van der Waals surface area contributed by atoms with Crippen LogP contribution in [0.5, 0.6) is 0 Å². The molecule has 214 valence electrons. The van der Waals surface area contributed by atoms with Gasteiger partial charge in [0.2, 0.25) is 0 Å². The van der Waals surface area contributed by atoms with E-state index in [-0.39, 0.29) is 11.2 Å². The Labute approximate surface area is 227 Å². The molecule has 2 nitrogen and oxygen atoms in total. The molecular weight excluding hydrogens is 440 g/mol. The first-order chi connectivity index (χ1) is 16.3. The van der Waals surface area contributed by atoms with E-state index in [9.17, 15) is 0 Å². The summed E-state index contributed by atoms with van der Waals surface area (Å²) in [6.07, 6.45) is 14.2. The predicted octanol–water partition coefficient (Wildman–Crippen LogP) is 11.3. The van der Waals surface area contributed by atoms with Crippen molar-refractivity contribution in [1.82, 2.24) is 0 Å². The van der Waals surface area contributed by atoms with Gasteiger partial charge in [0.05, 0.1) is 0 Å². The first kappa shape index (κ1) is 32.1. The molecule has 2 saturated carbocycles. The number of hydrogen-bond acceptors (Lipinski definition) is 2. The Morgan fingerprint density at radius 3 is 0.778 bits per heavy atom. The van der Waals surface area contributed by atoms with Crippen LogP contribution in [0.3, 0.4) is 0 Å². The lowest BCUT2D eigenvalue weighted by Gasteiger charge is -2.61. The Kier molecular flexibility index (Phi) is 9.35. The fourth-order valence-corrected chi connectivity index (χ4v) is 8.67. The fourth-order valence-electron chi connectivity index (χ4n) is 8.67. The van der Waals surface area contributed by atoms with E-state index in [1.54, 1.807) is 0 Å². The molecule has 2 aliphatic carbocycles. The van der Waals surface area contributed by atoms with Crippen LogP contribution in [0.15, 0.2) is 0 Å². The largest absolute Gasteiger partial charge is 0.230 e. The highest BCUT2D eigenvalue weighted by Gasteiger charge is 2.58. The summed E-state index contributed by atoms with van der Waals surface area (Å²) in [4.78, 5) is 13.0. The fraction of sp³-hybridized carbons (Fsp3) is 1.00. The summed E-state index contributed by atoms with van der Waals surface area (Å²) in [5, 5.41) is 0. The van der Waals surface area contributed by atoms with E-state index in [1.165, 1.54) is 51.4 Å². The summed E-state index contributed by atoms with van der Waals surface area (Å²) in [5.41, 5.74) is 1.63. The van der Waals surface area contributed by atoms with Crippen LogP contribution in [-0.4, -0.2) is 11.2 Å².